The molecule has 1 aromatic rings. The van der Waals surface area contributed by atoms with Gasteiger partial charge in [0, 0.05) is 0 Å². The third-order valence-corrected chi connectivity index (χ3v) is 2.72. The van der Waals surface area contributed by atoms with Gasteiger partial charge in [-0.3, -0.25) is 4.79 Å². The van der Waals surface area contributed by atoms with Crippen LogP contribution >= 0.6 is 0 Å². The van der Waals surface area contributed by atoms with Gasteiger partial charge in [0.1, 0.15) is 11.4 Å². The molecule has 0 spiro atoms. The van der Waals surface area contributed by atoms with E-state index in [1.165, 1.54) is 12.1 Å². The first kappa shape index (κ1) is 11.5. The van der Waals surface area contributed by atoms with Crippen LogP contribution in [-0.4, -0.2) is 22.5 Å². The van der Waals surface area contributed by atoms with Crippen molar-refractivity contribution >= 4 is 17.6 Å². The van der Waals surface area contributed by atoms with Crippen LogP contribution in [0.15, 0.2) is 18.2 Å². The average Bonchev–Trinajstić information content (AvgIpc) is 2.97. The SMILES string of the molecule is NC1(C(=O)Nc2cccc(F)c2C(=O)O)CC1. The van der Waals surface area contributed by atoms with E-state index in [0.29, 0.717) is 12.8 Å². The van der Waals surface area contributed by atoms with Crippen LogP contribution in [0.4, 0.5) is 10.1 Å². The molecule has 0 aromatic heterocycles. The highest BCUT2D eigenvalue weighted by Crippen LogP contribution is 2.33. The number of benzene rings is 1. The lowest BCUT2D eigenvalue weighted by atomic mass is 10.1. The molecule has 2 rings (SSSR count). The van der Waals surface area contributed by atoms with E-state index in [1.807, 2.05) is 0 Å². The first-order valence-corrected chi connectivity index (χ1v) is 5.06. The molecule has 0 atom stereocenters. The fourth-order valence-corrected chi connectivity index (χ4v) is 1.45. The summed E-state index contributed by atoms with van der Waals surface area (Å²) in [5.41, 5.74) is 4.10. The molecule has 0 unspecified atom stereocenters. The fraction of sp³-hybridized carbons (Fsp3) is 0.273. The van der Waals surface area contributed by atoms with Gasteiger partial charge in [0.2, 0.25) is 5.91 Å². The molecule has 0 bridgehead atoms. The summed E-state index contributed by atoms with van der Waals surface area (Å²) in [4.78, 5) is 22.5. The lowest BCUT2D eigenvalue weighted by Gasteiger charge is -2.12. The van der Waals surface area contributed by atoms with Gasteiger partial charge in [0.15, 0.2) is 0 Å². The van der Waals surface area contributed by atoms with Crippen molar-refractivity contribution in [3.8, 4) is 0 Å². The van der Waals surface area contributed by atoms with Gasteiger partial charge in [-0.2, -0.15) is 0 Å². The van der Waals surface area contributed by atoms with E-state index in [2.05, 4.69) is 5.32 Å². The molecule has 6 heteroatoms. The van der Waals surface area contributed by atoms with E-state index in [4.69, 9.17) is 10.8 Å². The monoisotopic (exact) mass is 238 g/mol. The Hall–Kier alpha value is -1.95. The van der Waals surface area contributed by atoms with Crippen LogP contribution in [0.5, 0.6) is 0 Å². The Morgan fingerprint density at radius 1 is 1.41 bits per heavy atom. The summed E-state index contributed by atoms with van der Waals surface area (Å²) in [6, 6.07) is 3.68. The minimum Gasteiger partial charge on any atom is -0.478 e. The number of amides is 1. The largest absolute Gasteiger partial charge is 0.478 e. The Morgan fingerprint density at radius 2 is 2.06 bits per heavy atom. The molecular weight excluding hydrogens is 227 g/mol. The van der Waals surface area contributed by atoms with Crippen molar-refractivity contribution in [3.05, 3.63) is 29.6 Å². The van der Waals surface area contributed by atoms with Crippen molar-refractivity contribution < 1.29 is 19.1 Å². The second-order valence-corrected chi connectivity index (χ2v) is 4.08. The standard InChI is InChI=1S/C11H11FN2O3/c12-6-2-1-3-7(8(6)9(15)16)14-10(17)11(13)4-5-11/h1-3H,4-5,13H2,(H,14,17)(H,15,16). The lowest BCUT2D eigenvalue weighted by molar-refractivity contribution is -0.118. The zero-order valence-corrected chi connectivity index (χ0v) is 8.87. The van der Waals surface area contributed by atoms with Gasteiger partial charge >= 0.3 is 5.97 Å². The van der Waals surface area contributed by atoms with Gasteiger partial charge in [-0.25, -0.2) is 9.18 Å². The number of carbonyl (C=O) groups excluding carboxylic acids is 1. The predicted molar refractivity (Wildman–Crippen MR) is 58.1 cm³/mol. The molecule has 1 aliphatic rings. The van der Waals surface area contributed by atoms with Crippen LogP contribution in [0.1, 0.15) is 23.2 Å². The van der Waals surface area contributed by atoms with E-state index in [1.54, 1.807) is 0 Å². The first-order valence-electron chi connectivity index (χ1n) is 5.06. The molecule has 1 aliphatic carbocycles. The van der Waals surface area contributed by atoms with Crippen molar-refractivity contribution in [2.75, 3.05) is 5.32 Å². The Labute approximate surface area is 96.4 Å². The molecule has 5 nitrogen and oxygen atoms in total. The number of nitrogens with one attached hydrogen (secondary N) is 1. The molecule has 0 radical (unpaired) electrons. The van der Waals surface area contributed by atoms with Crippen LogP contribution < -0.4 is 11.1 Å². The summed E-state index contributed by atoms with van der Waals surface area (Å²) in [5, 5.41) is 11.2. The molecule has 0 aliphatic heterocycles. The topological polar surface area (TPSA) is 92.4 Å². The van der Waals surface area contributed by atoms with E-state index in [-0.39, 0.29) is 5.69 Å². The van der Waals surface area contributed by atoms with Crippen LogP contribution in [0.25, 0.3) is 0 Å². The van der Waals surface area contributed by atoms with Gasteiger partial charge in [0.05, 0.1) is 11.2 Å². The number of hydrogen-bond donors (Lipinski definition) is 3. The minimum atomic E-state index is -1.43. The third-order valence-electron chi connectivity index (χ3n) is 2.72. The molecule has 1 fully saturated rings. The third kappa shape index (κ3) is 2.12. The maximum Gasteiger partial charge on any atom is 0.340 e. The van der Waals surface area contributed by atoms with Crippen LogP contribution in [0, 0.1) is 5.82 Å². The van der Waals surface area contributed by atoms with E-state index < -0.39 is 28.8 Å². The highest BCUT2D eigenvalue weighted by molar-refractivity contribution is 6.04. The van der Waals surface area contributed by atoms with Crippen LogP contribution in [-0.2, 0) is 4.79 Å². The summed E-state index contributed by atoms with van der Waals surface area (Å²) in [5.74, 6) is -2.80. The van der Waals surface area contributed by atoms with Crippen LogP contribution in [0.2, 0.25) is 0 Å². The van der Waals surface area contributed by atoms with E-state index in [9.17, 15) is 14.0 Å². The summed E-state index contributed by atoms with van der Waals surface area (Å²) in [7, 11) is 0. The maximum atomic E-state index is 13.3. The lowest BCUT2D eigenvalue weighted by Crippen LogP contribution is -2.38. The number of rotatable bonds is 3. The smallest absolute Gasteiger partial charge is 0.340 e. The first-order chi connectivity index (χ1) is 7.94. The molecule has 0 saturated heterocycles. The van der Waals surface area contributed by atoms with Crippen molar-refractivity contribution in [2.24, 2.45) is 5.73 Å². The quantitative estimate of drug-likeness (QED) is 0.731. The molecule has 1 amide bonds. The number of aromatic carboxylic acids is 1. The van der Waals surface area contributed by atoms with Crippen molar-refractivity contribution in [1.29, 1.82) is 0 Å². The number of carbonyl (C=O) groups is 2. The molecule has 1 aromatic carbocycles. The van der Waals surface area contributed by atoms with Gasteiger partial charge < -0.3 is 16.2 Å². The normalized spacial score (nSPS) is 16.4. The highest BCUT2D eigenvalue weighted by Gasteiger charge is 2.46. The zero-order valence-electron chi connectivity index (χ0n) is 8.87. The van der Waals surface area contributed by atoms with Gasteiger partial charge in [0.25, 0.3) is 0 Å². The summed E-state index contributed by atoms with van der Waals surface area (Å²) >= 11 is 0. The summed E-state index contributed by atoms with van der Waals surface area (Å²) in [6.45, 7) is 0. The van der Waals surface area contributed by atoms with Gasteiger partial charge in [-0.05, 0) is 25.0 Å². The van der Waals surface area contributed by atoms with E-state index in [0.717, 1.165) is 6.07 Å². The Bertz CT molecular complexity index is 497. The molecule has 1 saturated carbocycles. The van der Waals surface area contributed by atoms with E-state index >= 15 is 0 Å². The molecule has 90 valence electrons. The number of halogens is 1. The van der Waals surface area contributed by atoms with Crippen LogP contribution in [0.3, 0.4) is 0 Å². The predicted octanol–water partition coefficient (Wildman–Crippen LogP) is 0.954. The second-order valence-electron chi connectivity index (χ2n) is 4.08. The highest BCUT2D eigenvalue weighted by atomic mass is 19.1. The maximum absolute atomic E-state index is 13.3. The Morgan fingerprint density at radius 3 is 2.59 bits per heavy atom. The molecule has 4 N–H and O–H groups in total. The average molecular weight is 238 g/mol. The minimum absolute atomic E-state index is 0.0702. The molecule has 0 heterocycles. The van der Waals surface area contributed by atoms with Gasteiger partial charge in [-0.1, -0.05) is 6.07 Å². The number of anilines is 1. The summed E-state index contributed by atoms with van der Waals surface area (Å²) in [6.07, 6.45) is 1.10. The van der Waals surface area contributed by atoms with Crippen molar-refractivity contribution in [3.63, 3.8) is 0 Å². The molecular formula is C11H11FN2O3. The Balaban J connectivity index is 2.29. The number of nitrogens with two attached hydrogens (primary N) is 1. The Kier molecular flexibility index (Phi) is 2.59. The molecule has 17 heavy (non-hydrogen) atoms. The zero-order chi connectivity index (χ0) is 12.6. The number of carboxylic acids is 1. The second kappa shape index (κ2) is 3.81. The summed E-state index contributed by atoms with van der Waals surface area (Å²) < 4.78 is 13.3. The van der Waals surface area contributed by atoms with Gasteiger partial charge in [-0.15, -0.1) is 0 Å². The van der Waals surface area contributed by atoms with Crippen molar-refractivity contribution in [2.45, 2.75) is 18.4 Å². The fourth-order valence-electron chi connectivity index (χ4n) is 1.45. The van der Waals surface area contributed by atoms with Crippen molar-refractivity contribution in [1.82, 2.24) is 0 Å². The number of hydrogen-bond acceptors (Lipinski definition) is 3. The number of carboxylic acid groups (broad SMARTS) is 1.